The van der Waals surface area contributed by atoms with E-state index in [4.69, 9.17) is 4.43 Å². The molecule has 0 aliphatic carbocycles. The summed E-state index contributed by atoms with van der Waals surface area (Å²) in [5, 5.41) is 0. The fourth-order valence-corrected chi connectivity index (χ4v) is 4.64. The van der Waals surface area contributed by atoms with E-state index in [2.05, 4.69) is 30.9 Å². The van der Waals surface area contributed by atoms with E-state index in [1.807, 2.05) is 7.11 Å². The maximum Gasteiger partial charge on any atom is 0.244 e. The molecule has 4 heteroatoms. The molecule has 0 aliphatic heterocycles. The highest BCUT2D eigenvalue weighted by atomic mass is 28.4. The lowest BCUT2D eigenvalue weighted by Crippen LogP contribution is -2.42. The van der Waals surface area contributed by atoms with Crippen LogP contribution in [0.4, 0.5) is 0 Å². The van der Waals surface area contributed by atoms with E-state index in [-0.39, 0.29) is 0 Å². The normalized spacial score (nSPS) is 15.0. The van der Waals surface area contributed by atoms with E-state index in [1.54, 1.807) is 0 Å². The molecule has 0 saturated carbocycles. The van der Waals surface area contributed by atoms with Crippen LogP contribution < -0.4 is 0 Å². The Bertz CT molecular complexity index is 79.4. The minimum atomic E-state index is -0.938. The lowest BCUT2D eigenvalue weighted by Gasteiger charge is -2.24. The molecule has 0 N–H and O–H groups in total. The van der Waals surface area contributed by atoms with Crippen LogP contribution in [-0.4, -0.2) is 36.5 Å². The van der Waals surface area contributed by atoms with Crippen molar-refractivity contribution < 1.29 is 4.43 Å². The number of hydrogen-bond donors (Lipinski definition) is 0. The molecule has 1 unspecified atom stereocenters. The highest BCUT2D eigenvalue weighted by molar-refractivity contribution is 6.67. The van der Waals surface area contributed by atoms with E-state index >= 15 is 0 Å². The van der Waals surface area contributed by atoms with Gasteiger partial charge in [0.2, 0.25) is 9.20 Å². The molecule has 0 spiro atoms. The Kier molecular flexibility index (Phi) is 4.38. The van der Waals surface area contributed by atoms with Crippen LogP contribution in [0, 0.1) is 0 Å². The molecule has 0 saturated heterocycles. The summed E-state index contributed by atoms with van der Waals surface area (Å²) in [6.45, 7) is 6.86. The number of nitrogens with zero attached hydrogens (tertiary/aromatic N) is 1. The minimum absolute atomic E-state index is 0.570. The van der Waals surface area contributed by atoms with Crippen LogP contribution in [-0.2, 0) is 4.43 Å². The van der Waals surface area contributed by atoms with Crippen molar-refractivity contribution in [2.24, 2.45) is 0 Å². The van der Waals surface area contributed by atoms with Gasteiger partial charge in [-0.2, -0.15) is 0 Å². The monoisotopic (exact) mass is 163 g/mol. The Morgan fingerprint density at radius 1 is 1.22 bits per heavy atom. The molecule has 0 heterocycles. The summed E-state index contributed by atoms with van der Waals surface area (Å²) in [6.07, 6.45) is 0. The van der Waals surface area contributed by atoms with Crippen LogP contribution >= 0.6 is 0 Å². The van der Waals surface area contributed by atoms with Gasteiger partial charge in [-0.3, -0.25) is 0 Å². The largest absolute Gasteiger partial charge is 0.409 e. The fraction of sp³-hybridized carbons (Fsp3) is 1.00. The molecule has 0 amide bonds. The minimum Gasteiger partial charge on any atom is -0.409 e. The Labute approximate surface area is 61.3 Å². The quantitative estimate of drug-likeness (QED) is 0.559. The van der Waals surface area contributed by atoms with Gasteiger partial charge in [0, 0.05) is 7.11 Å². The zero-order valence-corrected chi connectivity index (χ0v) is 9.32. The van der Waals surface area contributed by atoms with Gasteiger partial charge in [0.15, 0.2) is 0 Å². The van der Waals surface area contributed by atoms with Crippen LogP contribution in [0.15, 0.2) is 0 Å². The van der Waals surface area contributed by atoms with Gasteiger partial charge in [-0.1, -0.05) is 13.1 Å². The van der Waals surface area contributed by atoms with Gasteiger partial charge in [0.05, 0.1) is 8.96 Å². The van der Waals surface area contributed by atoms with Crippen LogP contribution in [0.1, 0.15) is 0 Å². The van der Waals surface area contributed by atoms with E-state index in [0.717, 1.165) is 0 Å². The number of rotatable bonds is 3. The van der Waals surface area contributed by atoms with Crippen molar-refractivity contribution in [2.45, 2.75) is 19.6 Å². The second-order valence-corrected chi connectivity index (χ2v) is 8.68. The average molecular weight is 163 g/mol. The summed E-state index contributed by atoms with van der Waals surface area (Å²) in [4.78, 5) is 0. The summed E-state index contributed by atoms with van der Waals surface area (Å²) in [5.41, 5.74) is 0. The Morgan fingerprint density at radius 3 is 1.78 bits per heavy atom. The van der Waals surface area contributed by atoms with Crippen LogP contribution in [0.3, 0.4) is 0 Å². The molecular weight excluding hydrogens is 146 g/mol. The maximum absolute atomic E-state index is 5.27. The van der Waals surface area contributed by atoms with Crippen LogP contribution in [0.5, 0.6) is 0 Å². The molecule has 0 rings (SSSR count). The molecule has 56 valence electrons. The molecule has 0 radical (unpaired) electrons. The van der Waals surface area contributed by atoms with E-state index in [9.17, 15) is 0 Å². The van der Waals surface area contributed by atoms with Gasteiger partial charge in [0.25, 0.3) is 0 Å². The van der Waals surface area contributed by atoms with Crippen molar-refractivity contribution in [1.82, 2.24) is 4.23 Å². The molecule has 0 aliphatic rings. The topological polar surface area (TPSA) is 12.5 Å². The maximum atomic E-state index is 5.27. The highest BCUT2D eigenvalue weighted by Crippen LogP contribution is 1.94. The van der Waals surface area contributed by atoms with Gasteiger partial charge >= 0.3 is 0 Å². The van der Waals surface area contributed by atoms with Crippen molar-refractivity contribution in [1.29, 1.82) is 0 Å². The molecule has 2 nitrogen and oxygen atoms in total. The van der Waals surface area contributed by atoms with Gasteiger partial charge in [0.1, 0.15) is 0 Å². The van der Waals surface area contributed by atoms with E-state index in [1.165, 1.54) is 0 Å². The van der Waals surface area contributed by atoms with Gasteiger partial charge < -0.3 is 8.66 Å². The molecule has 0 bridgehead atoms. The summed E-state index contributed by atoms with van der Waals surface area (Å²) in [7, 11) is 2.48. The second-order valence-electron chi connectivity index (χ2n) is 2.59. The number of hydrogen-bond acceptors (Lipinski definition) is 2. The summed E-state index contributed by atoms with van der Waals surface area (Å²) < 4.78 is 7.72. The highest BCUT2D eigenvalue weighted by Gasteiger charge is 2.12. The standard InChI is InChI=1S/C5H17NOSi2/c1-6(8(3)4)9(5)7-2/h8-9H,1-5H3. The van der Waals surface area contributed by atoms with E-state index in [0.29, 0.717) is 0 Å². The second kappa shape index (κ2) is 4.21. The Morgan fingerprint density at radius 2 is 1.67 bits per heavy atom. The van der Waals surface area contributed by atoms with Crippen molar-refractivity contribution in [3.8, 4) is 0 Å². The lowest BCUT2D eigenvalue weighted by atomic mass is 11.6. The first-order chi connectivity index (χ1) is 4.09. The smallest absolute Gasteiger partial charge is 0.244 e. The van der Waals surface area contributed by atoms with Gasteiger partial charge in [-0.25, -0.2) is 0 Å². The van der Waals surface area contributed by atoms with Crippen molar-refractivity contribution in [2.75, 3.05) is 14.2 Å². The van der Waals surface area contributed by atoms with E-state index < -0.39 is 18.2 Å². The fourth-order valence-electron chi connectivity index (χ4n) is 0.586. The van der Waals surface area contributed by atoms with Crippen LogP contribution in [0.2, 0.25) is 19.6 Å². The van der Waals surface area contributed by atoms with Crippen molar-refractivity contribution >= 4 is 18.2 Å². The third-order valence-electron chi connectivity index (χ3n) is 1.73. The molecule has 0 aromatic rings. The third-order valence-corrected chi connectivity index (χ3v) is 8.24. The molecule has 1 atom stereocenters. The summed E-state index contributed by atoms with van der Waals surface area (Å²) in [5.74, 6) is 0. The molecule has 0 aromatic heterocycles. The molecule has 9 heavy (non-hydrogen) atoms. The zero-order valence-electron chi connectivity index (χ0n) is 7.01. The van der Waals surface area contributed by atoms with Gasteiger partial charge in [-0.15, -0.1) is 0 Å². The van der Waals surface area contributed by atoms with Gasteiger partial charge in [-0.05, 0) is 13.6 Å². The zero-order chi connectivity index (χ0) is 7.44. The Hall–Kier alpha value is 0.354. The predicted molar refractivity (Wildman–Crippen MR) is 46.7 cm³/mol. The summed E-state index contributed by atoms with van der Waals surface area (Å²) >= 11 is 0. The first kappa shape index (κ1) is 9.35. The lowest BCUT2D eigenvalue weighted by molar-refractivity contribution is 0.391. The van der Waals surface area contributed by atoms with Crippen molar-refractivity contribution in [3.05, 3.63) is 0 Å². The molecule has 0 aromatic carbocycles. The molecular formula is C5H17NOSi2. The third kappa shape index (κ3) is 3.15. The molecule has 0 fully saturated rings. The summed E-state index contributed by atoms with van der Waals surface area (Å²) in [6, 6.07) is 0. The first-order valence-corrected chi connectivity index (χ1v) is 8.31. The first-order valence-electron chi connectivity index (χ1n) is 3.34. The Balaban J connectivity index is 3.58. The average Bonchev–Trinajstić information content (AvgIpc) is 1.84. The van der Waals surface area contributed by atoms with Crippen molar-refractivity contribution in [3.63, 3.8) is 0 Å². The SMILES string of the molecule is CO[SiH](C)N(C)[SiH](C)C. The van der Waals surface area contributed by atoms with Crippen LogP contribution in [0.25, 0.3) is 0 Å². The predicted octanol–water partition coefficient (Wildman–Crippen LogP) is 0.398.